The summed E-state index contributed by atoms with van der Waals surface area (Å²) in [5.74, 6) is 0.0247. The van der Waals surface area contributed by atoms with Crippen LogP contribution in [-0.4, -0.2) is 60.4 Å². The summed E-state index contributed by atoms with van der Waals surface area (Å²) in [6.07, 6.45) is 3.28. The van der Waals surface area contributed by atoms with Gasteiger partial charge in [-0.25, -0.2) is 0 Å². The lowest BCUT2D eigenvalue weighted by atomic mass is 10.0. The number of rotatable bonds is 4. The van der Waals surface area contributed by atoms with Crippen LogP contribution in [0.25, 0.3) is 0 Å². The molecule has 0 bridgehead atoms. The molecule has 1 N–H and O–H groups in total. The SMILES string of the molecule is O=C1CN(C(=O)CN2CCC[C@H]2Cc2ccccc2)CCN1. The summed E-state index contributed by atoms with van der Waals surface area (Å²) in [4.78, 5) is 27.8. The molecule has 0 radical (unpaired) electrons. The standard InChI is InChI=1S/C17H23N3O2/c21-16-12-20(10-8-18-16)17(22)13-19-9-4-7-15(19)11-14-5-2-1-3-6-14/h1-3,5-6,15H,4,7-13H2,(H,18,21)/t15-/m0/s1. The van der Waals surface area contributed by atoms with Crippen LogP contribution in [0, 0.1) is 0 Å². The van der Waals surface area contributed by atoms with Gasteiger partial charge in [0.15, 0.2) is 0 Å². The molecule has 0 unspecified atom stereocenters. The number of carbonyl (C=O) groups excluding carboxylic acids is 2. The van der Waals surface area contributed by atoms with Crippen LogP contribution in [0.5, 0.6) is 0 Å². The first-order valence-electron chi connectivity index (χ1n) is 8.05. The average Bonchev–Trinajstić information content (AvgIpc) is 2.95. The van der Waals surface area contributed by atoms with E-state index in [0.29, 0.717) is 25.7 Å². The molecule has 1 atom stereocenters. The lowest BCUT2D eigenvalue weighted by molar-refractivity contribution is -0.139. The predicted octanol–water partition coefficient (Wildman–Crippen LogP) is 0.652. The highest BCUT2D eigenvalue weighted by atomic mass is 16.2. The first-order valence-corrected chi connectivity index (χ1v) is 8.05. The van der Waals surface area contributed by atoms with E-state index in [9.17, 15) is 9.59 Å². The second-order valence-electron chi connectivity index (χ2n) is 6.12. The number of likely N-dealkylation sites (tertiary alicyclic amines) is 1. The largest absolute Gasteiger partial charge is 0.353 e. The summed E-state index contributed by atoms with van der Waals surface area (Å²) in [7, 11) is 0. The zero-order valence-electron chi connectivity index (χ0n) is 12.8. The van der Waals surface area contributed by atoms with Gasteiger partial charge in [-0.05, 0) is 31.4 Å². The van der Waals surface area contributed by atoms with Gasteiger partial charge in [0.1, 0.15) is 0 Å². The first kappa shape index (κ1) is 15.0. The smallest absolute Gasteiger partial charge is 0.239 e. The van der Waals surface area contributed by atoms with E-state index in [1.165, 1.54) is 5.56 Å². The Morgan fingerprint density at radius 1 is 1.23 bits per heavy atom. The fourth-order valence-electron chi connectivity index (χ4n) is 3.35. The van der Waals surface area contributed by atoms with Crippen LogP contribution in [0.2, 0.25) is 0 Å². The molecule has 0 saturated carbocycles. The van der Waals surface area contributed by atoms with Crippen LogP contribution in [0.1, 0.15) is 18.4 Å². The molecule has 2 aliphatic rings. The Labute approximate surface area is 131 Å². The fraction of sp³-hybridized carbons (Fsp3) is 0.529. The molecule has 2 fully saturated rings. The van der Waals surface area contributed by atoms with Crippen LogP contribution in [0.3, 0.4) is 0 Å². The van der Waals surface area contributed by atoms with Crippen LogP contribution >= 0.6 is 0 Å². The Bertz CT molecular complexity index is 532. The van der Waals surface area contributed by atoms with Crippen molar-refractivity contribution in [3.63, 3.8) is 0 Å². The van der Waals surface area contributed by atoms with Crippen molar-refractivity contribution in [3.8, 4) is 0 Å². The molecule has 3 rings (SSSR count). The third kappa shape index (κ3) is 3.65. The highest BCUT2D eigenvalue weighted by molar-refractivity contribution is 5.86. The Hall–Kier alpha value is -1.88. The molecular weight excluding hydrogens is 278 g/mol. The van der Waals surface area contributed by atoms with Crippen molar-refractivity contribution in [2.45, 2.75) is 25.3 Å². The van der Waals surface area contributed by atoms with E-state index < -0.39 is 0 Å². The van der Waals surface area contributed by atoms with Gasteiger partial charge in [-0.1, -0.05) is 30.3 Å². The topological polar surface area (TPSA) is 52.7 Å². The van der Waals surface area contributed by atoms with Crippen LogP contribution < -0.4 is 5.32 Å². The predicted molar refractivity (Wildman–Crippen MR) is 84.3 cm³/mol. The zero-order chi connectivity index (χ0) is 15.4. The third-order valence-electron chi connectivity index (χ3n) is 4.54. The molecule has 1 aromatic rings. The van der Waals surface area contributed by atoms with E-state index in [0.717, 1.165) is 25.8 Å². The molecule has 1 aromatic carbocycles. The second-order valence-corrected chi connectivity index (χ2v) is 6.12. The molecule has 5 heteroatoms. The minimum absolute atomic E-state index is 0.0538. The highest BCUT2D eigenvalue weighted by Gasteiger charge is 2.29. The van der Waals surface area contributed by atoms with Gasteiger partial charge >= 0.3 is 0 Å². The van der Waals surface area contributed by atoms with Gasteiger partial charge in [0.25, 0.3) is 0 Å². The molecule has 2 heterocycles. The lowest BCUT2D eigenvalue weighted by Gasteiger charge is -2.30. The van der Waals surface area contributed by atoms with Crippen molar-refractivity contribution in [2.24, 2.45) is 0 Å². The maximum atomic E-state index is 12.4. The summed E-state index contributed by atoms with van der Waals surface area (Å²) >= 11 is 0. The van der Waals surface area contributed by atoms with E-state index in [1.54, 1.807) is 4.90 Å². The average molecular weight is 301 g/mol. The Balaban J connectivity index is 1.56. The Morgan fingerprint density at radius 2 is 2.05 bits per heavy atom. The van der Waals surface area contributed by atoms with Crippen molar-refractivity contribution >= 4 is 11.8 Å². The van der Waals surface area contributed by atoms with Gasteiger partial charge in [-0.2, -0.15) is 0 Å². The fourth-order valence-corrected chi connectivity index (χ4v) is 3.35. The van der Waals surface area contributed by atoms with Crippen LogP contribution in [0.15, 0.2) is 30.3 Å². The molecule has 5 nitrogen and oxygen atoms in total. The number of nitrogens with zero attached hydrogens (tertiary/aromatic N) is 2. The van der Waals surface area contributed by atoms with Crippen molar-refractivity contribution in [2.75, 3.05) is 32.7 Å². The molecule has 2 saturated heterocycles. The molecule has 0 aliphatic carbocycles. The molecule has 0 spiro atoms. The number of nitrogens with one attached hydrogen (secondary N) is 1. The zero-order valence-corrected chi connectivity index (χ0v) is 12.8. The number of piperazine rings is 1. The maximum Gasteiger partial charge on any atom is 0.239 e. The molecule has 118 valence electrons. The number of benzene rings is 1. The number of hydrogen-bond donors (Lipinski definition) is 1. The first-order chi connectivity index (χ1) is 10.7. The molecule has 2 aliphatic heterocycles. The Morgan fingerprint density at radius 3 is 2.82 bits per heavy atom. The van der Waals surface area contributed by atoms with Crippen LogP contribution in [-0.2, 0) is 16.0 Å². The number of amides is 2. The summed E-state index contributed by atoms with van der Waals surface area (Å²) in [5.41, 5.74) is 1.32. The maximum absolute atomic E-state index is 12.4. The molecule has 0 aromatic heterocycles. The van der Waals surface area contributed by atoms with E-state index in [2.05, 4.69) is 34.5 Å². The van der Waals surface area contributed by atoms with E-state index in [-0.39, 0.29) is 18.4 Å². The van der Waals surface area contributed by atoms with Crippen molar-refractivity contribution in [1.29, 1.82) is 0 Å². The van der Waals surface area contributed by atoms with E-state index in [4.69, 9.17) is 0 Å². The molecule has 22 heavy (non-hydrogen) atoms. The Kier molecular flexibility index (Phi) is 4.73. The van der Waals surface area contributed by atoms with E-state index >= 15 is 0 Å². The highest BCUT2D eigenvalue weighted by Crippen LogP contribution is 2.21. The minimum Gasteiger partial charge on any atom is -0.353 e. The summed E-state index contributed by atoms with van der Waals surface area (Å²) in [6, 6.07) is 10.9. The van der Waals surface area contributed by atoms with E-state index in [1.807, 2.05) is 6.07 Å². The van der Waals surface area contributed by atoms with Crippen molar-refractivity contribution in [3.05, 3.63) is 35.9 Å². The summed E-state index contributed by atoms with van der Waals surface area (Å²) in [5, 5.41) is 2.76. The van der Waals surface area contributed by atoms with Gasteiger partial charge < -0.3 is 10.2 Å². The molecule has 2 amide bonds. The normalized spacial score (nSPS) is 22.6. The lowest BCUT2D eigenvalue weighted by Crippen LogP contribution is -2.52. The number of carbonyl (C=O) groups is 2. The summed E-state index contributed by atoms with van der Waals surface area (Å²) in [6.45, 7) is 2.81. The van der Waals surface area contributed by atoms with Crippen molar-refractivity contribution < 1.29 is 9.59 Å². The van der Waals surface area contributed by atoms with Gasteiger partial charge in [-0.3, -0.25) is 14.5 Å². The van der Waals surface area contributed by atoms with Gasteiger partial charge in [-0.15, -0.1) is 0 Å². The quantitative estimate of drug-likeness (QED) is 0.888. The van der Waals surface area contributed by atoms with Gasteiger partial charge in [0.05, 0.1) is 13.1 Å². The third-order valence-corrected chi connectivity index (χ3v) is 4.54. The minimum atomic E-state index is -0.0538. The van der Waals surface area contributed by atoms with Gasteiger partial charge in [0.2, 0.25) is 11.8 Å². The van der Waals surface area contributed by atoms with Gasteiger partial charge in [0, 0.05) is 19.1 Å². The monoisotopic (exact) mass is 301 g/mol. The van der Waals surface area contributed by atoms with Crippen LogP contribution in [0.4, 0.5) is 0 Å². The molecular formula is C17H23N3O2. The van der Waals surface area contributed by atoms with Crippen molar-refractivity contribution in [1.82, 2.24) is 15.1 Å². The number of hydrogen-bond acceptors (Lipinski definition) is 3. The summed E-state index contributed by atoms with van der Waals surface area (Å²) < 4.78 is 0. The second kappa shape index (κ2) is 6.92.